The molecule has 3 aromatic rings. The SMILES string of the molecule is CCc1nc(CN2CCN(C(=O)CCc3c(C)nc4c(c(OC)nn4C)c3C)CC2)cs1. The second kappa shape index (κ2) is 9.54. The molecule has 32 heavy (non-hydrogen) atoms. The largest absolute Gasteiger partial charge is 0.479 e. The van der Waals surface area contributed by atoms with Gasteiger partial charge in [0.2, 0.25) is 11.8 Å². The number of aromatic nitrogens is 4. The molecule has 4 rings (SSSR count). The number of thiazole rings is 1. The molecule has 1 saturated heterocycles. The average Bonchev–Trinajstić information content (AvgIpc) is 3.37. The number of fused-ring (bicyclic) bond motifs is 1. The van der Waals surface area contributed by atoms with Crippen molar-refractivity contribution in [2.24, 2.45) is 7.05 Å². The van der Waals surface area contributed by atoms with Crippen molar-refractivity contribution in [2.75, 3.05) is 33.3 Å². The van der Waals surface area contributed by atoms with Gasteiger partial charge in [0.25, 0.3) is 0 Å². The maximum Gasteiger partial charge on any atom is 0.242 e. The number of aryl methyl sites for hydroxylation is 4. The lowest BCUT2D eigenvalue weighted by Crippen LogP contribution is -2.48. The van der Waals surface area contributed by atoms with Crippen molar-refractivity contribution in [3.63, 3.8) is 0 Å². The van der Waals surface area contributed by atoms with Crippen LogP contribution in [0, 0.1) is 13.8 Å². The van der Waals surface area contributed by atoms with Crippen molar-refractivity contribution >= 4 is 28.3 Å². The van der Waals surface area contributed by atoms with Crippen molar-refractivity contribution in [1.82, 2.24) is 29.5 Å². The maximum atomic E-state index is 12.9. The molecule has 0 unspecified atom stereocenters. The van der Waals surface area contributed by atoms with Crippen molar-refractivity contribution in [3.8, 4) is 5.88 Å². The van der Waals surface area contributed by atoms with E-state index < -0.39 is 0 Å². The van der Waals surface area contributed by atoms with Crippen LogP contribution in [0.15, 0.2) is 5.38 Å². The molecule has 0 saturated carbocycles. The van der Waals surface area contributed by atoms with Gasteiger partial charge in [-0.05, 0) is 37.8 Å². The molecule has 0 spiro atoms. The summed E-state index contributed by atoms with van der Waals surface area (Å²) in [6, 6.07) is 0. The highest BCUT2D eigenvalue weighted by atomic mass is 32.1. The molecule has 1 aliphatic heterocycles. The highest BCUT2D eigenvalue weighted by molar-refractivity contribution is 7.09. The van der Waals surface area contributed by atoms with Crippen LogP contribution in [0.1, 0.15) is 40.9 Å². The van der Waals surface area contributed by atoms with Gasteiger partial charge in [-0.25, -0.2) is 14.6 Å². The Morgan fingerprint density at radius 1 is 1.19 bits per heavy atom. The molecular formula is C23H32N6O2S. The lowest BCUT2D eigenvalue weighted by molar-refractivity contribution is -0.133. The van der Waals surface area contributed by atoms with Crippen molar-refractivity contribution in [2.45, 2.75) is 46.6 Å². The van der Waals surface area contributed by atoms with Gasteiger partial charge in [-0.15, -0.1) is 16.4 Å². The van der Waals surface area contributed by atoms with E-state index in [1.54, 1.807) is 23.1 Å². The number of nitrogens with zero attached hydrogens (tertiary/aromatic N) is 6. The molecule has 0 aromatic carbocycles. The third-order valence-corrected chi connectivity index (χ3v) is 7.36. The van der Waals surface area contributed by atoms with Crippen LogP contribution in [0.3, 0.4) is 0 Å². The van der Waals surface area contributed by atoms with E-state index in [1.165, 1.54) is 5.01 Å². The number of hydrogen-bond donors (Lipinski definition) is 0. The lowest BCUT2D eigenvalue weighted by Gasteiger charge is -2.34. The number of methoxy groups -OCH3 is 1. The molecule has 1 aliphatic rings. The van der Waals surface area contributed by atoms with Gasteiger partial charge in [0.1, 0.15) is 0 Å². The van der Waals surface area contributed by atoms with E-state index in [4.69, 9.17) is 9.72 Å². The third-order valence-electron chi connectivity index (χ3n) is 6.32. The summed E-state index contributed by atoms with van der Waals surface area (Å²) in [7, 11) is 3.50. The zero-order valence-corrected chi connectivity index (χ0v) is 20.5. The van der Waals surface area contributed by atoms with Crippen LogP contribution in [0.4, 0.5) is 0 Å². The predicted molar refractivity (Wildman–Crippen MR) is 126 cm³/mol. The van der Waals surface area contributed by atoms with Gasteiger partial charge in [0.05, 0.1) is 23.2 Å². The molecule has 9 heteroatoms. The van der Waals surface area contributed by atoms with Gasteiger partial charge in [0.15, 0.2) is 5.65 Å². The van der Waals surface area contributed by atoms with Gasteiger partial charge in [-0.2, -0.15) is 0 Å². The Morgan fingerprint density at radius 3 is 2.59 bits per heavy atom. The Morgan fingerprint density at radius 2 is 1.94 bits per heavy atom. The van der Waals surface area contributed by atoms with E-state index in [9.17, 15) is 4.79 Å². The molecule has 0 atom stereocenters. The fourth-order valence-electron chi connectivity index (χ4n) is 4.47. The minimum Gasteiger partial charge on any atom is -0.479 e. The molecule has 172 valence electrons. The first-order valence-corrected chi connectivity index (χ1v) is 12.1. The summed E-state index contributed by atoms with van der Waals surface area (Å²) < 4.78 is 7.20. The number of pyridine rings is 1. The summed E-state index contributed by atoms with van der Waals surface area (Å²) in [4.78, 5) is 26.7. The number of piperazine rings is 1. The molecule has 0 N–H and O–H groups in total. The first kappa shape index (κ1) is 22.7. The van der Waals surface area contributed by atoms with Gasteiger partial charge < -0.3 is 9.64 Å². The van der Waals surface area contributed by atoms with Crippen LogP contribution in [-0.2, 0) is 31.2 Å². The van der Waals surface area contributed by atoms with Crippen molar-refractivity contribution in [3.05, 3.63) is 32.9 Å². The first-order chi connectivity index (χ1) is 15.4. The van der Waals surface area contributed by atoms with Crippen molar-refractivity contribution in [1.29, 1.82) is 0 Å². The number of ether oxygens (including phenoxy) is 1. The zero-order valence-electron chi connectivity index (χ0n) is 19.6. The molecule has 8 nitrogen and oxygen atoms in total. The summed E-state index contributed by atoms with van der Waals surface area (Å²) in [6.07, 6.45) is 2.15. The van der Waals surface area contributed by atoms with Gasteiger partial charge >= 0.3 is 0 Å². The van der Waals surface area contributed by atoms with Crippen LogP contribution in [0.2, 0.25) is 0 Å². The predicted octanol–water partition coefficient (Wildman–Crippen LogP) is 2.89. The normalized spacial score (nSPS) is 15.0. The molecule has 1 fully saturated rings. The molecule has 0 bridgehead atoms. The van der Waals surface area contributed by atoms with Crippen LogP contribution in [-0.4, -0.2) is 68.7 Å². The fraction of sp³-hybridized carbons (Fsp3) is 0.565. The standard InChI is InChI=1S/C23H32N6O2S/c1-6-19-25-17(14-32-19)13-28-9-11-29(12-10-28)20(30)8-7-18-15(2)21-22(24-16(18)3)27(4)26-23(21)31-5/h14H,6-13H2,1-5H3. The highest BCUT2D eigenvalue weighted by Gasteiger charge is 2.23. The molecule has 1 amide bonds. The van der Waals surface area contributed by atoms with E-state index in [-0.39, 0.29) is 5.91 Å². The minimum absolute atomic E-state index is 0.212. The zero-order chi connectivity index (χ0) is 22.8. The van der Waals surface area contributed by atoms with Crippen LogP contribution >= 0.6 is 11.3 Å². The summed E-state index contributed by atoms with van der Waals surface area (Å²) in [5.74, 6) is 0.797. The Hall–Kier alpha value is -2.52. The number of rotatable bonds is 7. The highest BCUT2D eigenvalue weighted by Crippen LogP contribution is 2.30. The summed E-state index contributed by atoms with van der Waals surface area (Å²) in [5, 5.41) is 8.69. The van der Waals surface area contributed by atoms with Crippen LogP contribution in [0.5, 0.6) is 5.88 Å². The van der Waals surface area contributed by atoms with E-state index in [1.807, 2.05) is 18.9 Å². The second-order valence-corrected chi connectivity index (χ2v) is 9.32. The van der Waals surface area contributed by atoms with E-state index in [0.29, 0.717) is 18.7 Å². The molecule has 3 aromatic heterocycles. The van der Waals surface area contributed by atoms with Gasteiger partial charge in [-0.1, -0.05) is 6.92 Å². The Balaban J connectivity index is 1.35. The quantitative estimate of drug-likeness (QED) is 0.544. The Bertz CT molecular complexity index is 1110. The first-order valence-electron chi connectivity index (χ1n) is 11.2. The summed E-state index contributed by atoms with van der Waals surface area (Å²) >= 11 is 1.73. The summed E-state index contributed by atoms with van der Waals surface area (Å²) in [6.45, 7) is 10.4. The van der Waals surface area contributed by atoms with E-state index in [2.05, 4.69) is 34.2 Å². The Kier molecular flexibility index (Phi) is 6.76. The number of carbonyl (C=O) groups excluding carboxylic acids is 1. The lowest BCUT2D eigenvalue weighted by atomic mass is 10.00. The van der Waals surface area contributed by atoms with Crippen molar-refractivity contribution < 1.29 is 9.53 Å². The van der Waals surface area contributed by atoms with Crippen LogP contribution < -0.4 is 4.74 Å². The number of hydrogen-bond acceptors (Lipinski definition) is 7. The maximum absolute atomic E-state index is 12.9. The average molecular weight is 457 g/mol. The van der Waals surface area contributed by atoms with Crippen LogP contribution in [0.25, 0.3) is 11.0 Å². The van der Waals surface area contributed by atoms with Gasteiger partial charge in [0, 0.05) is 57.3 Å². The fourth-order valence-corrected chi connectivity index (χ4v) is 5.20. The Labute approximate surface area is 193 Å². The molecule has 0 radical (unpaired) electrons. The van der Waals surface area contributed by atoms with Gasteiger partial charge in [-0.3, -0.25) is 9.69 Å². The monoisotopic (exact) mass is 456 g/mol. The minimum atomic E-state index is 0.212. The van der Waals surface area contributed by atoms with E-state index in [0.717, 1.165) is 72.7 Å². The summed E-state index contributed by atoms with van der Waals surface area (Å²) in [5.41, 5.74) is 5.13. The molecule has 0 aliphatic carbocycles. The second-order valence-electron chi connectivity index (χ2n) is 8.38. The molecular weight excluding hydrogens is 424 g/mol. The van der Waals surface area contributed by atoms with E-state index >= 15 is 0 Å². The topological polar surface area (TPSA) is 76.4 Å². The smallest absolute Gasteiger partial charge is 0.242 e. The number of carbonyl (C=O) groups is 1. The number of amides is 1. The molecule has 4 heterocycles. The third kappa shape index (κ3) is 4.49.